The topological polar surface area (TPSA) is 105 Å². The molecule has 1 aliphatic heterocycles. The molecule has 0 saturated carbocycles. The van der Waals surface area contributed by atoms with Crippen LogP contribution in [-0.2, 0) is 19.6 Å². The van der Waals surface area contributed by atoms with Crippen LogP contribution >= 0.6 is 0 Å². The first-order chi connectivity index (χ1) is 12.6. The summed E-state index contributed by atoms with van der Waals surface area (Å²) >= 11 is 0. The van der Waals surface area contributed by atoms with E-state index in [9.17, 15) is 18.0 Å². The Morgan fingerprint density at radius 1 is 1.15 bits per heavy atom. The molecule has 2 amide bonds. The fraction of sp³-hybridized carbons (Fsp3) is 0.556. The van der Waals surface area contributed by atoms with Crippen LogP contribution in [0.15, 0.2) is 29.2 Å². The summed E-state index contributed by atoms with van der Waals surface area (Å²) in [5.74, 6) is -0.723. The van der Waals surface area contributed by atoms with Gasteiger partial charge in [0.25, 0.3) is 5.91 Å². The van der Waals surface area contributed by atoms with Gasteiger partial charge in [-0.1, -0.05) is 0 Å². The van der Waals surface area contributed by atoms with E-state index in [1.165, 1.54) is 28.6 Å². The number of morpholine rings is 1. The molecule has 1 aromatic rings. The zero-order chi connectivity index (χ0) is 20.2. The van der Waals surface area contributed by atoms with E-state index < -0.39 is 15.9 Å². The molecule has 1 aromatic carbocycles. The van der Waals surface area contributed by atoms with Crippen LogP contribution in [0, 0.1) is 0 Å². The van der Waals surface area contributed by atoms with Crippen molar-refractivity contribution in [1.82, 2.24) is 14.9 Å². The largest absolute Gasteiger partial charge is 0.373 e. The second-order valence-corrected chi connectivity index (χ2v) is 8.95. The molecule has 27 heavy (non-hydrogen) atoms. The first kappa shape index (κ1) is 21.3. The van der Waals surface area contributed by atoms with Gasteiger partial charge < -0.3 is 15.4 Å². The fourth-order valence-corrected chi connectivity index (χ4v) is 4.48. The van der Waals surface area contributed by atoms with Crippen molar-refractivity contribution in [1.29, 1.82) is 0 Å². The Morgan fingerprint density at radius 3 is 2.22 bits per heavy atom. The first-order valence-corrected chi connectivity index (χ1v) is 10.4. The highest BCUT2D eigenvalue weighted by atomic mass is 32.2. The number of amides is 2. The van der Waals surface area contributed by atoms with Crippen LogP contribution in [0.1, 0.15) is 38.1 Å². The minimum atomic E-state index is -3.65. The number of hydrogen-bond acceptors (Lipinski definition) is 5. The maximum absolute atomic E-state index is 12.8. The van der Waals surface area contributed by atoms with E-state index in [1.54, 1.807) is 0 Å². The van der Waals surface area contributed by atoms with Crippen molar-refractivity contribution >= 4 is 21.8 Å². The SMILES string of the molecule is CC(C)NC(=O)CNC(=O)c1ccc(S(=O)(=O)N2C[C@@H](C)O[C@H](C)C2)cc1. The number of nitrogens with zero attached hydrogens (tertiary/aromatic N) is 1. The molecule has 0 unspecified atom stereocenters. The van der Waals surface area contributed by atoms with Crippen LogP contribution < -0.4 is 10.6 Å². The average molecular weight is 397 g/mol. The van der Waals surface area contributed by atoms with E-state index in [-0.39, 0.29) is 41.2 Å². The zero-order valence-corrected chi connectivity index (χ0v) is 16.9. The van der Waals surface area contributed by atoms with Crippen molar-refractivity contribution in [2.24, 2.45) is 0 Å². The molecule has 2 atom stereocenters. The van der Waals surface area contributed by atoms with E-state index in [1.807, 2.05) is 27.7 Å². The number of benzene rings is 1. The Morgan fingerprint density at radius 2 is 1.70 bits per heavy atom. The van der Waals surface area contributed by atoms with Crippen LogP contribution in [0.4, 0.5) is 0 Å². The second kappa shape index (κ2) is 8.81. The standard InChI is InChI=1S/C18H27N3O5S/c1-12(2)20-17(22)9-19-18(23)15-5-7-16(8-6-15)27(24,25)21-10-13(3)26-14(4)11-21/h5-8,12-14H,9-11H2,1-4H3,(H,19,23)(H,20,22)/t13-,14-/m1/s1. The lowest BCUT2D eigenvalue weighted by molar-refractivity contribution is -0.120. The molecule has 0 radical (unpaired) electrons. The maximum Gasteiger partial charge on any atom is 0.251 e. The van der Waals surface area contributed by atoms with Gasteiger partial charge in [-0.05, 0) is 52.0 Å². The Kier molecular flexibility index (Phi) is 6.96. The molecule has 0 aliphatic carbocycles. The van der Waals surface area contributed by atoms with E-state index in [0.29, 0.717) is 13.1 Å². The van der Waals surface area contributed by atoms with Crippen molar-refractivity contribution in [2.75, 3.05) is 19.6 Å². The molecule has 150 valence electrons. The Balaban J connectivity index is 2.03. The molecule has 1 heterocycles. The summed E-state index contributed by atoms with van der Waals surface area (Å²) in [4.78, 5) is 23.8. The highest BCUT2D eigenvalue weighted by molar-refractivity contribution is 7.89. The fourth-order valence-electron chi connectivity index (χ4n) is 2.89. The molecule has 2 rings (SSSR count). The minimum absolute atomic E-state index is 0.00971. The van der Waals surface area contributed by atoms with Crippen LogP contribution in [0.3, 0.4) is 0 Å². The molecule has 0 spiro atoms. The van der Waals surface area contributed by atoms with E-state index in [4.69, 9.17) is 4.74 Å². The molecular formula is C18H27N3O5S. The number of carbonyl (C=O) groups is 2. The quantitative estimate of drug-likeness (QED) is 0.737. The summed E-state index contributed by atoms with van der Waals surface area (Å²) in [5.41, 5.74) is 0.287. The first-order valence-electron chi connectivity index (χ1n) is 8.93. The molecule has 2 N–H and O–H groups in total. The maximum atomic E-state index is 12.8. The van der Waals surface area contributed by atoms with Gasteiger partial charge in [0.1, 0.15) is 0 Å². The Labute approximate surface area is 160 Å². The minimum Gasteiger partial charge on any atom is -0.373 e. The summed E-state index contributed by atoms with van der Waals surface area (Å²) in [6.45, 7) is 7.77. The summed E-state index contributed by atoms with van der Waals surface area (Å²) in [7, 11) is -3.65. The normalized spacial score (nSPS) is 21.1. The number of carbonyl (C=O) groups excluding carboxylic acids is 2. The summed E-state index contributed by atoms with van der Waals surface area (Å²) in [6.07, 6.45) is -0.351. The van der Waals surface area contributed by atoms with Crippen LogP contribution in [-0.4, -0.2) is 62.4 Å². The van der Waals surface area contributed by atoms with E-state index in [0.717, 1.165) is 0 Å². The van der Waals surface area contributed by atoms with Crippen molar-refractivity contribution in [3.63, 3.8) is 0 Å². The number of rotatable bonds is 6. The molecular weight excluding hydrogens is 370 g/mol. The second-order valence-electron chi connectivity index (χ2n) is 7.01. The van der Waals surface area contributed by atoms with Gasteiger partial charge in [0.15, 0.2) is 0 Å². The van der Waals surface area contributed by atoms with Gasteiger partial charge in [-0.2, -0.15) is 4.31 Å². The predicted octanol–water partition coefficient (Wildman–Crippen LogP) is 0.739. The van der Waals surface area contributed by atoms with Gasteiger partial charge in [-0.3, -0.25) is 9.59 Å². The lowest BCUT2D eigenvalue weighted by atomic mass is 10.2. The number of nitrogens with one attached hydrogen (secondary N) is 2. The van der Waals surface area contributed by atoms with Crippen LogP contribution in [0.25, 0.3) is 0 Å². The third kappa shape index (κ3) is 5.75. The van der Waals surface area contributed by atoms with Crippen molar-refractivity contribution in [3.05, 3.63) is 29.8 Å². The van der Waals surface area contributed by atoms with Gasteiger partial charge in [-0.25, -0.2) is 8.42 Å². The summed E-state index contributed by atoms with van der Waals surface area (Å²) in [6, 6.07) is 5.68. The lowest BCUT2D eigenvalue weighted by Crippen LogP contribution is -2.48. The van der Waals surface area contributed by atoms with Gasteiger partial charge >= 0.3 is 0 Å². The lowest BCUT2D eigenvalue weighted by Gasteiger charge is -2.34. The smallest absolute Gasteiger partial charge is 0.251 e. The molecule has 9 heteroatoms. The molecule has 1 saturated heterocycles. The zero-order valence-electron chi connectivity index (χ0n) is 16.1. The molecule has 1 aliphatic rings. The van der Waals surface area contributed by atoms with Gasteiger partial charge in [0.2, 0.25) is 15.9 Å². The van der Waals surface area contributed by atoms with Crippen molar-refractivity contribution in [2.45, 2.75) is 50.8 Å². The number of hydrogen-bond donors (Lipinski definition) is 2. The molecule has 1 fully saturated rings. The molecule has 0 bridgehead atoms. The molecule has 8 nitrogen and oxygen atoms in total. The summed E-state index contributed by atoms with van der Waals surface area (Å²) in [5, 5.41) is 5.18. The van der Waals surface area contributed by atoms with Gasteiger partial charge in [0.05, 0.1) is 23.6 Å². The monoisotopic (exact) mass is 397 g/mol. The predicted molar refractivity (Wildman–Crippen MR) is 101 cm³/mol. The number of ether oxygens (including phenoxy) is 1. The Hall–Kier alpha value is -1.97. The highest BCUT2D eigenvalue weighted by Crippen LogP contribution is 2.21. The third-order valence-electron chi connectivity index (χ3n) is 4.00. The number of sulfonamides is 1. The van der Waals surface area contributed by atoms with Crippen molar-refractivity contribution < 1.29 is 22.7 Å². The van der Waals surface area contributed by atoms with Crippen LogP contribution in [0.5, 0.6) is 0 Å². The highest BCUT2D eigenvalue weighted by Gasteiger charge is 2.32. The van der Waals surface area contributed by atoms with E-state index in [2.05, 4.69) is 10.6 Å². The molecule has 0 aromatic heterocycles. The van der Waals surface area contributed by atoms with Crippen LogP contribution in [0.2, 0.25) is 0 Å². The Bertz CT molecular complexity index is 767. The average Bonchev–Trinajstić information content (AvgIpc) is 2.58. The van der Waals surface area contributed by atoms with Gasteiger partial charge in [0, 0.05) is 24.7 Å². The van der Waals surface area contributed by atoms with Crippen molar-refractivity contribution in [3.8, 4) is 0 Å². The van der Waals surface area contributed by atoms with E-state index >= 15 is 0 Å². The third-order valence-corrected chi connectivity index (χ3v) is 5.85. The van der Waals surface area contributed by atoms with Gasteiger partial charge in [-0.15, -0.1) is 0 Å². The summed E-state index contributed by atoms with van der Waals surface area (Å²) < 4.78 is 32.6.